The number of nitrogens with zero attached hydrogens (tertiary/aromatic N) is 2. The van der Waals surface area contributed by atoms with Crippen LogP contribution in [-0.2, 0) is 6.54 Å². The molecule has 0 aliphatic carbocycles. The molecule has 1 aromatic carbocycles. The van der Waals surface area contributed by atoms with Crippen LogP contribution in [0.1, 0.15) is 37.8 Å². The van der Waals surface area contributed by atoms with Gasteiger partial charge in [0, 0.05) is 19.8 Å². The third kappa shape index (κ3) is 5.33. The van der Waals surface area contributed by atoms with Crippen molar-refractivity contribution in [3.63, 3.8) is 0 Å². The summed E-state index contributed by atoms with van der Waals surface area (Å²) in [4.78, 5) is 6.63. The third-order valence-corrected chi connectivity index (χ3v) is 4.26. The number of rotatable bonds is 6. The molecular weight excluding hydrogens is 280 g/mol. The average molecular weight is 308 g/mol. The van der Waals surface area contributed by atoms with Gasteiger partial charge in [0.05, 0.1) is 0 Å². The van der Waals surface area contributed by atoms with Crippen molar-refractivity contribution in [1.29, 1.82) is 0 Å². The second-order valence-electron chi connectivity index (χ2n) is 6.32. The highest BCUT2D eigenvalue weighted by atomic mass is 15.1. The van der Waals surface area contributed by atoms with Crippen molar-refractivity contribution in [2.45, 2.75) is 33.2 Å². The minimum Gasteiger partial charge on any atom is -0.299 e. The molecule has 0 bridgehead atoms. The minimum absolute atomic E-state index is 1.03. The summed E-state index contributed by atoms with van der Waals surface area (Å²) in [6, 6.07) is 8.89. The largest absolute Gasteiger partial charge is 0.299 e. The van der Waals surface area contributed by atoms with Gasteiger partial charge in [0.25, 0.3) is 0 Å². The molecule has 2 rings (SSSR count). The first-order valence-electron chi connectivity index (χ1n) is 8.38. The molecule has 2 heteroatoms. The zero-order valence-electron chi connectivity index (χ0n) is 14.7. The fraction of sp³-hybridized carbons (Fsp3) is 0.381. The second-order valence-corrected chi connectivity index (χ2v) is 6.32. The zero-order valence-corrected chi connectivity index (χ0v) is 14.7. The molecule has 1 aliphatic rings. The summed E-state index contributed by atoms with van der Waals surface area (Å²) >= 11 is 0. The van der Waals surface area contributed by atoms with Gasteiger partial charge in [0.1, 0.15) is 0 Å². The Kier molecular flexibility index (Phi) is 6.54. The molecule has 122 valence electrons. The van der Waals surface area contributed by atoms with Crippen molar-refractivity contribution in [1.82, 2.24) is 4.90 Å². The fourth-order valence-corrected chi connectivity index (χ4v) is 2.86. The van der Waals surface area contributed by atoms with Crippen LogP contribution in [-0.4, -0.2) is 31.3 Å². The summed E-state index contributed by atoms with van der Waals surface area (Å²) < 4.78 is 0. The van der Waals surface area contributed by atoms with Gasteiger partial charge in [-0.2, -0.15) is 0 Å². The summed E-state index contributed by atoms with van der Waals surface area (Å²) in [6.07, 6.45) is 8.78. The summed E-state index contributed by atoms with van der Waals surface area (Å²) in [6.45, 7) is 11.7. The fourth-order valence-electron chi connectivity index (χ4n) is 2.86. The number of aliphatic imine (C=N–C) groups is 1. The third-order valence-electron chi connectivity index (χ3n) is 4.26. The van der Waals surface area contributed by atoms with Crippen LogP contribution < -0.4 is 0 Å². The standard InChI is InChI=1S/C21H28N2/c1-17(2)21(15-22-4)11-10-18(3)20-9-7-8-19(14-20)16-23-12-5-6-13-23/h7-11,14-15H,1,5-6,12-13,16H2,2-4H3/b18-10+,21-11-,22-15-. The lowest BCUT2D eigenvalue weighted by Gasteiger charge is -2.15. The molecule has 1 aromatic rings. The van der Waals surface area contributed by atoms with Crippen LogP contribution in [0.3, 0.4) is 0 Å². The van der Waals surface area contributed by atoms with Crippen molar-refractivity contribution in [3.8, 4) is 0 Å². The Bertz CT molecular complexity index is 629. The maximum absolute atomic E-state index is 4.09. The minimum atomic E-state index is 1.03. The topological polar surface area (TPSA) is 15.6 Å². The van der Waals surface area contributed by atoms with Crippen LogP contribution >= 0.6 is 0 Å². The summed E-state index contributed by atoms with van der Waals surface area (Å²) in [5.74, 6) is 0. The van der Waals surface area contributed by atoms with Crippen molar-refractivity contribution >= 4 is 11.8 Å². The monoisotopic (exact) mass is 308 g/mol. The maximum atomic E-state index is 4.09. The summed E-state index contributed by atoms with van der Waals surface area (Å²) in [5.41, 5.74) is 6.04. The molecule has 1 heterocycles. The molecule has 0 amide bonds. The molecule has 1 fully saturated rings. The van der Waals surface area contributed by atoms with E-state index in [2.05, 4.69) is 59.8 Å². The quantitative estimate of drug-likeness (QED) is 0.540. The van der Waals surface area contributed by atoms with Crippen LogP contribution in [0.2, 0.25) is 0 Å². The van der Waals surface area contributed by atoms with Gasteiger partial charge in [0.2, 0.25) is 0 Å². The summed E-state index contributed by atoms with van der Waals surface area (Å²) in [5, 5.41) is 0. The molecule has 1 saturated heterocycles. The van der Waals surface area contributed by atoms with E-state index in [0.717, 1.165) is 17.7 Å². The van der Waals surface area contributed by atoms with Gasteiger partial charge in [-0.15, -0.1) is 0 Å². The second kappa shape index (κ2) is 8.64. The Balaban J connectivity index is 2.14. The molecule has 1 aliphatic heterocycles. The van der Waals surface area contributed by atoms with E-state index < -0.39 is 0 Å². The molecule has 0 aromatic heterocycles. The van der Waals surface area contributed by atoms with E-state index in [1.54, 1.807) is 7.05 Å². The first-order valence-corrected chi connectivity index (χ1v) is 8.38. The molecule has 0 radical (unpaired) electrons. The molecule has 2 nitrogen and oxygen atoms in total. The van der Waals surface area contributed by atoms with E-state index in [4.69, 9.17) is 0 Å². The number of benzene rings is 1. The smallest absolute Gasteiger partial charge is 0.0283 e. The predicted molar refractivity (Wildman–Crippen MR) is 102 cm³/mol. The molecule has 23 heavy (non-hydrogen) atoms. The highest BCUT2D eigenvalue weighted by Crippen LogP contribution is 2.19. The predicted octanol–water partition coefficient (Wildman–Crippen LogP) is 4.89. The average Bonchev–Trinajstić information content (AvgIpc) is 3.04. The first-order chi connectivity index (χ1) is 11.1. The molecular formula is C21H28N2. The van der Waals surface area contributed by atoms with Crippen LogP contribution in [0.4, 0.5) is 0 Å². The van der Waals surface area contributed by atoms with Crippen LogP contribution in [0.25, 0.3) is 5.57 Å². The highest BCUT2D eigenvalue weighted by molar-refractivity contribution is 5.85. The Hall–Kier alpha value is -1.93. The van der Waals surface area contributed by atoms with Crippen molar-refractivity contribution in [2.75, 3.05) is 20.1 Å². The van der Waals surface area contributed by atoms with Crippen LogP contribution in [0, 0.1) is 0 Å². The lowest BCUT2D eigenvalue weighted by molar-refractivity contribution is 0.331. The lowest BCUT2D eigenvalue weighted by atomic mass is 10.0. The van der Waals surface area contributed by atoms with Gasteiger partial charge >= 0.3 is 0 Å². The highest BCUT2D eigenvalue weighted by Gasteiger charge is 2.11. The molecule has 0 saturated carbocycles. The van der Waals surface area contributed by atoms with E-state index in [9.17, 15) is 0 Å². The van der Waals surface area contributed by atoms with Gasteiger partial charge in [0.15, 0.2) is 0 Å². The Morgan fingerprint density at radius 3 is 2.61 bits per heavy atom. The van der Waals surface area contributed by atoms with E-state index in [-0.39, 0.29) is 0 Å². The Morgan fingerprint density at radius 1 is 1.22 bits per heavy atom. The SMILES string of the molecule is C=C(C)C(/C=N\C)=C\C=C(/C)c1cccc(CN2CCCC2)c1. The first kappa shape index (κ1) is 17.4. The van der Waals surface area contributed by atoms with E-state index >= 15 is 0 Å². The molecule has 0 atom stereocenters. The number of hydrogen-bond acceptors (Lipinski definition) is 2. The van der Waals surface area contributed by atoms with Gasteiger partial charge in [-0.05, 0) is 67.6 Å². The summed E-state index contributed by atoms with van der Waals surface area (Å²) in [7, 11) is 1.79. The van der Waals surface area contributed by atoms with Crippen LogP contribution in [0.15, 0.2) is 59.1 Å². The van der Waals surface area contributed by atoms with Gasteiger partial charge in [-0.1, -0.05) is 43.0 Å². The van der Waals surface area contributed by atoms with Gasteiger partial charge < -0.3 is 0 Å². The molecule has 0 N–H and O–H groups in total. The maximum Gasteiger partial charge on any atom is 0.0283 e. The van der Waals surface area contributed by atoms with Crippen LogP contribution in [0.5, 0.6) is 0 Å². The molecule has 0 spiro atoms. The van der Waals surface area contributed by atoms with Crippen molar-refractivity contribution < 1.29 is 0 Å². The number of hydrogen-bond donors (Lipinski definition) is 0. The zero-order chi connectivity index (χ0) is 16.7. The number of allylic oxidation sites excluding steroid dienone is 5. The van der Waals surface area contributed by atoms with E-state index in [1.165, 1.54) is 42.6 Å². The lowest BCUT2D eigenvalue weighted by Crippen LogP contribution is -2.18. The van der Waals surface area contributed by atoms with E-state index in [0.29, 0.717) is 0 Å². The Morgan fingerprint density at radius 2 is 1.96 bits per heavy atom. The Labute approximate surface area is 140 Å². The molecule has 0 unspecified atom stereocenters. The van der Waals surface area contributed by atoms with Gasteiger partial charge in [-0.3, -0.25) is 9.89 Å². The van der Waals surface area contributed by atoms with Crippen molar-refractivity contribution in [2.24, 2.45) is 4.99 Å². The van der Waals surface area contributed by atoms with E-state index in [1.807, 2.05) is 13.1 Å². The number of likely N-dealkylation sites (tertiary alicyclic amines) is 1. The van der Waals surface area contributed by atoms with Gasteiger partial charge in [-0.25, -0.2) is 0 Å². The normalized spacial score (nSPS) is 17.2. The van der Waals surface area contributed by atoms with Crippen molar-refractivity contribution in [3.05, 3.63) is 65.3 Å².